The Morgan fingerprint density at radius 2 is 1.79 bits per heavy atom. The molecule has 1 rings (SSSR count). The van der Waals surface area contributed by atoms with E-state index in [2.05, 4.69) is 23.9 Å². The lowest BCUT2D eigenvalue weighted by Crippen LogP contribution is -2.17. The molecule has 0 amide bonds. The van der Waals surface area contributed by atoms with Crippen LogP contribution in [0.2, 0.25) is 0 Å². The van der Waals surface area contributed by atoms with E-state index in [1.54, 1.807) is 0 Å². The van der Waals surface area contributed by atoms with Gasteiger partial charge in [0.25, 0.3) is 0 Å². The number of rotatable bonds is 7. The fourth-order valence-corrected chi connectivity index (χ4v) is 1.36. The zero-order chi connectivity index (χ0) is 14.3. The molecular formula is C13H18F3NO2. The molecule has 0 bridgehead atoms. The third-order valence-electron chi connectivity index (χ3n) is 2.11. The number of ether oxygens (including phenoxy) is 2. The quantitative estimate of drug-likeness (QED) is 0.771. The fraction of sp³-hybridized carbons (Fsp3) is 0.538. The maximum atomic E-state index is 11.9. The highest BCUT2D eigenvalue weighted by Crippen LogP contribution is 2.23. The van der Waals surface area contributed by atoms with Crippen molar-refractivity contribution in [3.05, 3.63) is 24.3 Å². The molecule has 1 aromatic rings. The summed E-state index contributed by atoms with van der Waals surface area (Å²) < 4.78 is 45.0. The Hall–Kier alpha value is -1.43. The van der Waals surface area contributed by atoms with Gasteiger partial charge in [0.1, 0.15) is 5.75 Å². The zero-order valence-electron chi connectivity index (χ0n) is 11.0. The van der Waals surface area contributed by atoms with Crippen LogP contribution in [-0.4, -0.2) is 26.1 Å². The van der Waals surface area contributed by atoms with Gasteiger partial charge in [0.15, 0.2) is 0 Å². The largest absolute Gasteiger partial charge is 0.573 e. The summed E-state index contributed by atoms with van der Waals surface area (Å²) in [6.45, 7) is 5.98. The number of benzene rings is 1. The van der Waals surface area contributed by atoms with Crippen molar-refractivity contribution in [2.45, 2.75) is 20.2 Å². The molecule has 1 N–H and O–H groups in total. The maximum Gasteiger partial charge on any atom is 0.573 e. The van der Waals surface area contributed by atoms with Crippen LogP contribution in [0.3, 0.4) is 0 Å². The molecule has 0 heterocycles. The summed E-state index contributed by atoms with van der Waals surface area (Å²) in [5.74, 6) is 0.257. The first-order valence-electron chi connectivity index (χ1n) is 6.04. The summed E-state index contributed by atoms with van der Waals surface area (Å²) in [5.41, 5.74) is 0.725. The van der Waals surface area contributed by atoms with Crippen molar-refractivity contribution in [2.24, 2.45) is 5.92 Å². The van der Waals surface area contributed by atoms with E-state index in [0.717, 1.165) is 5.69 Å². The van der Waals surface area contributed by atoms with Crippen molar-refractivity contribution in [2.75, 3.05) is 25.1 Å². The van der Waals surface area contributed by atoms with Crippen LogP contribution in [0.5, 0.6) is 5.75 Å². The number of hydrogen-bond donors (Lipinski definition) is 1. The monoisotopic (exact) mass is 277 g/mol. The van der Waals surface area contributed by atoms with Gasteiger partial charge in [-0.15, -0.1) is 13.2 Å². The number of anilines is 1. The average Bonchev–Trinajstić information content (AvgIpc) is 2.28. The minimum atomic E-state index is -4.65. The molecule has 0 atom stereocenters. The second kappa shape index (κ2) is 7.23. The Labute approximate surface area is 110 Å². The van der Waals surface area contributed by atoms with E-state index in [1.807, 2.05) is 0 Å². The molecule has 19 heavy (non-hydrogen) atoms. The lowest BCUT2D eigenvalue weighted by atomic mass is 10.2. The summed E-state index contributed by atoms with van der Waals surface area (Å²) in [7, 11) is 0. The Morgan fingerprint density at radius 1 is 1.16 bits per heavy atom. The average molecular weight is 277 g/mol. The molecule has 0 saturated heterocycles. The predicted molar refractivity (Wildman–Crippen MR) is 67.3 cm³/mol. The van der Waals surface area contributed by atoms with E-state index in [1.165, 1.54) is 24.3 Å². The summed E-state index contributed by atoms with van der Waals surface area (Å²) >= 11 is 0. The van der Waals surface area contributed by atoms with Crippen LogP contribution < -0.4 is 10.1 Å². The minimum Gasteiger partial charge on any atom is -0.406 e. The van der Waals surface area contributed by atoms with Crippen molar-refractivity contribution in [3.8, 4) is 5.75 Å². The normalized spacial score (nSPS) is 11.7. The lowest BCUT2D eigenvalue weighted by Gasteiger charge is -2.11. The van der Waals surface area contributed by atoms with Crippen molar-refractivity contribution < 1.29 is 22.6 Å². The van der Waals surface area contributed by atoms with Gasteiger partial charge in [-0.3, -0.25) is 0 Å². The van der Waals surface area contributed by atoms with Gasteiger partial charge in [0.05, 0.1) is 6.61 Å². The molecule has 108 valence electrons. The molecule has 0 saturated carbocycles. The molecule has 0 aliphatic heterocycles. The Morgan fingerprint density at radius 3 is 2.32 bits per heavy atom. The van der Waals surface area contributed by atoms with Gasteiger partial charge in [-0.2, -0.15) is 0 Å². The summed E-state index contributed by atoms with van der Waals surface area (Å²) in [4.78, 5) is 0. The van der Waals surface area contributed by atoms with Crippen LogP contribution in [0.25, 0.3) is 0 Å². The maximum absolute atomic E-state index is 11.9. The van der Waals surface area contributed by atoms with Gasteiger partial charge in [0, 0.05) is 18.8 Å². The van der Waals surface area contributed by atoms with E-state index >= 15 is 0 Å². The molecule has 0 aliphatic carbocycles. The van der Waals surface area contributed by atoms with Gasteiger partial charge in [-0.25, -0.2) is 0 Å². The van der Waals surface area contributed by atoms with Gasteiger partial charge >= 0.3 is 6.36 Å². The zero-order valence-corrected chi connectivity index (χ0v) is 11.0. The molecule has 0 spiro atoms. The fourth-order valence-electron chi connectivity index (χ4n) is 1.36. The number of halogens is 3. The van der Waals surface area contributed by atoms with Crippen LogP contribution >= 0.6 is 0 Å². The van der Waals surface area contributed by atoms with Crippen molar-refractivity contribution in [3.63, 3.8) is 0 Å². The molecule has 0 unspecified atom stereocenters. The third-order valence-corrected chi connectivity index (χ3v) is 2.11. The number of hydrogen-bond acceptors (Lipinski definition) is 3. The first-order chi connectivity index (χ1) is 8.87. The highest BCUT2D eigenvalue weighted by molar-refractivity contribution is 5.46. The summed E-state index contributed by atoms with van der Waals surface area (Å²) in [6, 6.07) is 5.60. The van der Waals surface area contributed by atoms with E-state index in [-0.39, 0.29) is 5.75 Å². The molecule has 0 aromatic heterocycles. The number of alkyl halides is 3. The Balaban J connectivity index is 2.28. The van der Waals surface area contributed by atoms with Crippen LogP contribution in [0.4, 0.5) is 18.9 Å². The van der Waals surface area contributed by atoms with Crippen molar-refractivity contribution in [1.29, 1.82) is 0 Å². The van der Waals surface area contributed by atoms with Crippen LogP contribution in [0.1, 0.15) is 13.8 Å². The van der Waals surface area contributed by atoms with Crippen LogP contribution in [0.15, 0.2) is 24.3 Å². The smallest absolute Gasteiger partial charge is 0.406 e. The van der Waals surface area contributed by atoms with Crippen LogP contribution in [0, 0.1) is 5.92 Å². The van der Waals surface area contributed by atoms with Gasteiger partial charge in [0.2, 0.25) is 0 Å². The summed E-state index contributed by atoms with van der Waals surface area (Å²) in [5, 5.41) is 3.05. The van der Waals surface area contributed by atoms with Gasteiger partial charge in [-0.1, -0.05) is 13.8 Å². The highest BCUT2D eigenvalue weighted by Gasteiger charge is 2.30. The van der Waals surface area contributed by atoms with Crippen LogP contribution in [-0.2, 0) is 4.74 Å². The van der Waals surface area contributed by atoms with Crippen molar-refractivity contribution >= 4 is 5.69 Å². The predicted octanol–water partition coefficient (Wildman–Crippen LogP) is 3.67. The lowest BCUT2D eigenvalue weighted by molar-refractivity contribution is -0.274. The first-order valence-corrected chi connectivity index (χ1v) is 6.04. The molecule has 0 aliphatic rings. The second-order valence-electron chi connectivity index (χ2n) is 4.47. The van der Waals surface area contributed by atoms with Gasteiger partial charge < -0.3 is 14.8 Å². The second-order valence-corrected chi connectivity index (χ2v) is 4.47. The number of nitrogens with one attached hydrogen (secondary N) is 1. The Kier molecular flexibility index (Phi) is 5.95. The summed E-state index contributed by atoms with van der Waals surface area (Å²) in [6.07, 6.45) is -4.65. The van der Waals surface area contributed by atoms with E-state index in [9.17, 15) is 13.2 Å². The van der Waals surface area contributed by atoms with Crippen molar-refractivity contribution in [1.82, 2.24) is 0 Å². The molecular weight excluding hydrogens is 259 g/mol. The molecule has 3 nitrogen and oxygen atoms in total. The standard InChI is InChI=1S/C13H18F3NO2/c1-10(2)9-18-8-7-17-11-3-5-12(6-4-11)19-13(14,15)16/h3-6,10,17H,7-9H2,1-2H3. The molecule has 0 fully saturated rings. The Bertz CT molecular complexity index is 363. The first kappa shape index (κ1) is 15.6. The van der Waals surface area contributed by atoms with Gasteiger partial charge in [-0.05, 0) is 30.2 Å². The highest BCUT2D eigenvalue weighted by atomic mass is 19.4. The molecule has 1 aromatic carbocycles. The topological polar surface area (TPSA) is 30.5 Å². The minimum absolute atomic E-state index is 0.228. The van der Waals surface area contributed by atoms with E-state index in [4.69, 9.17) is 4.74 Å². The molecule has 6 heteroatoms. The van der Waals surface area contributed by atoms with E-state index in [0.29, 0.717) is 25.7 Å². The third kappa shape index (κ3) is 7.56. The SMILES string of the molecule is CC(C)COCCNc1ccc(OC(F)(F)F)cc1. The molecule has 0 radical (unpaired) electrons. The van der Waals surface area contributed by atoms with E-state index < -0.39 is 6.36 Å².